The van der Waals surface area contributed by atoms with E-state index < -0.39 is 31.7 Å². The number of anilines is 1. The highest BCUT2D eigenvalue weighted by Crippen LogP contribution is 2.36. The largest absolute Gasteiger partial charge is 0.417 e. The molecule has 0 atom stereocenters. The summed E-state index contributed by atoms with van der Waals surface area (Å²) in [6, 6.07) is 11.8. The average molecular weight is 473 g/mol. The van der Waals surface area contributed by atoms with E-state index in [0.29, 0.717) is 12.0 Å². The number of benzene rings is 2. The Morgan fingerprint density at radius 1 is 0.968 bits per heavy atom. The van der Waals surface area contributed by atoms with E-state index in [1.54, 1.807) is 4.68 Å². The number of tetrazole rings is 1. The maximum Gasteiger partial charge on any atom is 0.417 e. The zero-order valence-corrected chi connectivity index (χ0v) is 17.4. The van der Waals surface area contributed by atoms with E-state index in [0.717, 1.165) is 22.1 Å². The molecule has 0 spiro atoms. The van der Waals surface area contributed by atoms with Crippen LogP contribution in [0.5, 0.6) is 0 Å². The molecule has 0 bridgehead atoms. The lowest BCUT2D eigenvalue weighted by molar-refractivity contribution is -0.137. The zero-order valence-electron chi connectivity index (χ0n) is 15.9. The summed E-state index contributed by atoms with van der Waals surface area (Å²) in [5, 5.41) is 11.2. The number of piperazine rings is 1. The van der Waals surface area contributed by atoms with Crippen molar-refractivity contribution in [2.24, 2.45) is 0 Å². The topological polar surface area (TPSA) is 84.2 Å². The molecule has 2 heterocycles. The number of hydrogen-bond donors (Lipinski definition) is 0. The van der Waals surface area contributed by atoms with Gasteiger partial charge in [0.05, 0.1) is 21.2 Å². The van der Waals surface area contributed by atoms with Crippen LogP contribution in [0.4, 0.5) is 19.1 Å². The normalized spacial score (nSPS) is 15.9. The number of alkyl halides is 3. The van der Waals surface area contributed by atoms with E-state index in [4.69, 9.17) is 11.6 Å². The third-order valence-corrected chi connectivity index (χ3v) is 7.08. The molecule has 0 saturated carbocycles. The van der Waals surface area contributed by atoms with Crippen LogP contribution >= 0.6 is 11.6 Å². The maximum absolute atomic E-state index is 13.1. The van der Waals surface area contributed by atoms with Gasteiger partial charge in [0.15, 0.2) is 0 Å². The second-order valence-electron chi connectivity index (χ2n) is 6.76. The molecule has 0 N–H and O–H groups in total. The minimum Gasteiger partial charge on any atom is -0.337 e. The first-order valence-electron chi connectivity index (χ1n) is 9.13. The Morgan fingerprint density at radius 2 is 1.65 bits per heavy atom. The smallest absolute Gasteiger partial charge is 0.337 e. The van der Waals surface area contributed by atoms with Gasteiger partial charge in [-0.2, -0.15) is 22.2 Å². The molecule has 3 aromatic rings. The highest BCUT2D eigenvalue weighted by atomic mass is 35.5. The molecule has 164 valence electrons. The molecule has 0 aliphatic carbocycles. The van der Waals surface area contributed by atoms with Crippen molar-refractivity contribution in [3.63, 3.8) is 0 Å². The summed E-state index contributed by atoms with van der Waals surface area (Å²) < 4.78 is 67.9. The second kappa shape index (κ2) is 8.09. The van der Waals surface area contributed by atoms with Crippen LogP contribution in [-0.4, -0.2) is 59.1 Å². The third kappa shape index (κ3) is 4.23. The van der Waals surface area contributed by atoms with Crippen molar-refractivity contribution >= 4 is 27.6 Å². The van der Waals surface area contributed by atoms with Crippen LogP contribution < -0.4 is 4.90 Å². The Kier molecular flexibility index (Phi) is 5.62. The molecule has 0 amide bonds. The molecule has 4 rings (SSSR count). The molecule has 0 radical (unpaired) electrons. The maximum atomic E-state index is 13.1. The molecular formula is C18H16ClF3N6O2S. The first kappa shape index (κ1) is 21.5. The summed E-state index contributed by atoms with van der Waals surface area (Å²) in [6.07, 6.45) is -4.75. The number of para-hydroxylation sites is 1. The highest BCUT2D eigenvalue weighted by Gasteiger charge is 2.36. The van der Waals surface area contributed by atoms with Gasteiger partial charge in [0, 0.05) is 26.2 Å². The first-order chi connectivity index (χ1) is 14.7. The van der Waals surface area contributed by atoms with Gasteiger partial charge in [0.1, 0.15) is 0 Å². The summed E-state index contributed by atoms with van der Waals surface area (Å²) in [4.78, 5) is 1.37. The lowest BCUT2D eigenvalue weighted by atomic mass is 10.2. The minimum atomic E-state index is -4.75. The van der Waals surface area contributed by atoms with Gasteiger partial charge in [-0.1, -0.05) is 34.9 Å². The van der Waals surface area contributed by atoms with Gasteiger partial charge in [0.2, 0.25) is 16.0 Å². The molecule has 1 aliphatic rings. The van der Waals surface area contributed by atoms with Crippen LogP contribution in [-0.2, 0) is 16.2 Å². The van der Waals surface area contributed by atoms with Crippen LogP contribution in [0.1, 0.15) is 5.56 Å². The number of aromatic nitrogens is 4. The first-order valence-corrected chi connectivity index (χ1v) is 11.0. The fraction of sp³-hybridized carbons (Fsp3) is 0.278. The Bertz CT molecular complexity index is 1180. The van der Waals surface area contributed by atoms with Crippen molar-refractivity contribution in [2.75, 3.05) is 31.1 Å². The molecule has 1 aromatic heterocycles. The molecule has 2 aromatic carbocycles. The predicted octanol–water partition coefficient (Wildman–Crippen LogP) is 2.85. The highest BCUT2D eigenvalue weighted by molar-refractivity contribution is 7.89. The third-order valence-electron chi connectivity index (χ3n) is 4.86. The average Bonchev–Trinajstić information content (AvgIpc) is 3.24. The van der Waals surface area contributed by atoms with Crippen molar-refractivity contribution in [3.8, 4) is 5.69 Å². The van der Waals surface area contributed by atoms with Gasteiger partial charge >= 0.3 is 6.18 Å². The number of nitrogens with zero attached hydrogens (tertiary/aromatic N) is 6. The monoisotopic (exact) mass is 472 g/mol. The van der Waals surface area contributed by atoms with Crippen molar-refractivity contribution in [3.05, 3.63) is 59.1 Å². The fourth-order valence-corrected chi connectivity index (χ4v) is 4.95. The Balaban J connectivity index is 1.53. The molecule has 13 heteroatoms. The van der Waals surface area contributed by atoms with Crippen molar-refractivity contribution in [2.45, 2.75) is 11.1 Å². The molecule has 0 unspecified atom stereocenters. The summed E-state index contributed by atoms with van der Waals surface area (Å²) >= 11 is 5.60. The van der Waals surface area contributed by atoms with E-state index in [-0.39, 0.29) is 26.2 Å². The Morgan fingerprint density at radius 3 is 2.29 bits per heavy atom. The Labute approximate surface area is 180 Å². The minimum absolute atomic E-state index is 0.0635. The fourth-order valence-electron chi connectivity index (χ4n) is 3.28. The Hall–Kier alpha value is -2.70. The van der Waals surface area contributed by atoms with Gasteiger partial charge < -0.3 is 4.90 Å². The number of rotatable bonds is 4. The lowest BCUT2D eigenvalue weighted by Crippen LogP contribution is -2.49. The van der Waals surface area contributed by atoms with Crippen molar-refractivity contribution < 1.29 is 21.6 Å². The quantitative estimate of drug-likeness (QED) is 0.580. The standard InChI is InChI=1S/C18H16ClF3N6O2S/c19-16-7-6-14(12-15(16)18(20,21)22)31(29,30)27-10-8-26(9-11-27)17-23-24-25-28(17)13-4-2-1-3-5-13/h1-7,12H,8-11H2. The van der Waals surface area contributed by atoms with Crippen molar-refractivity contribution in [1.82, 2.24) is 24.5 Å². The summed E-state index contributed by atoms with van der Waals surface area (Å²) in [6.45, 7) is 0.667. The molecule has 8 nitrogen and oxygen atoms in total. The van der Waals surface area contributed by atoms with Gasteiger partial charge in [0.25, 0.3) is 0 Å². The van der Waals surface area contributed by atoms with Gasteiger partial charge in [-0.3, -0.25) is 0 Å². The van der Waals surface area contributed by atoms with E-state index in [1.807, 2.05) is 35.2 Å². The molecule has 31 heavy (non-hydrogen) atoms. The lowest BCUT2D eigenvalue weighted by Gasteiger charge is -2.34. The number of halogens is 4. The second-order valence-corrected chi connectivity index (χ2v) is 9.10. The number of hydrogen-bond acceptors (Lipinski definition) is 6. The zero-order chi connectivity index (χ0) is 22.2. The summed E-state index contributed by atoms with van der Waals surface area (Å²) in [7, 11) is -4.13. The van der Waals surface area contributed by atoms with Crippen molar-refractivity contribution in [1.29, 1.82) is 0 Å². The van der Waals surface area contributed by atoms with Crippen LogP contribution in [0.2, 0.25) is 5.02 Å². The number of sulfonamides is 1. The summed E-state index contributed by atoms with van der Waals surface area (Å²) in [5.74, 6) is 0.453. The van der Waals surface area contributed by atoms with Crippen LogP contribution in [0.3, 0.4) is 0 Å². The van der Waals surface area contributed by atoms with Gasteiger partial charge in [-0.25, -0.2) is 8.42 Å². The molecule has 1 fully saturated rings. The molecular weight excluding hydrogens is 457 g/mol. The van der Waals surface area contributed by atoms with E-state index in [9.17, 15) is 21.6 Å². The molecule has 1 aliphatic heterocycles. The van der Waals surface area contributed by atoms with E-state index in [1.165, 1.54) is 0 Å². The van der Waals surface area contributed by atoms with Gasteiger partial charge in [-0.15, -0.1) is 0 Å². The molecule has 1 saturated heterocycles. The SMILES string of the molecule is O=S(=O)(c1ccc(Cl)c(C(F)(F)F)c1)N1CCN(c2nnnn2-c2ccccc2)CC1. The van der Waals surface area contributed by atoms with E-state index in [2.05, 4.69) is 15.5 Å². The van der Waals surface area contributed by atoms with Crippen LogP contribution in [0, 0.1) is 0 Å². The predicted molar refractivity (Wildman–Crippen MR) is 107 cm³/mol. The summed E-state index contributed by atoms with van der Waals surface area (Å²) in [5.41, 5.74) is -0.436. The van der Waals surface area contributed by atoms with Crippen LogP contribution in [0.15, 0.2) is 53.4 Å². The van der Waals surface area contributed by atoms with E-state index >= 15 is 0 Å². The van der Waals surface area contributed by atoms with Crippen LogP contribution in [0.25, 0.3) is 5.69 Å². The van der Waals surface area contributed by atoms with Gasteiger partial charge in [-0.05, 0) is 40.8 Å².